The summed E-state index contributed by atoms with van der Waals surface area (Å²) < 4.78 is 532. The van der Waals surface area contributed by atoms with Crippen LogP contribution in [0.15, 0.2) is 29.4 Å². The second-order valence-electron chi connectivity index (χ2n) is 15.3. The molecule has 1 aromatic rings. The summed E-state index contributed by atoms with van der Waals surface area (Å²) in [6.07, 6.45) is -37.3. The van der Waals surface area contributed by atoms with E-state index in [1.807, 2.05) is 0 Å². The van der Waals surface area contributed by atoms with E-state index < -0.39 is 179 Å². The topological polar surface area (TPSA) is 65.8 Å². The van der Waals surface area contributed by atoms with E-state index in [1.54, 1.807) is 4.91 Å². The minimum absolute atomic E-state index is 0.0457. The molecule has 1 rings (SSSR count). The molecule has 438 valence electrons. The van der Waals surface area contributed by atoms with E-state index in [1.165, 1.54) is 0 Å². The van der Waals surface area contributed by atoms with Crippen molar-refractivity contribution >= 4 is 27.9 Å². The first-order valence-corrected chi connectivity index (χ1v) is 25.4. The molecule has 75 heavy (non-hydrogen) atoms. The van der Waals surface area contributed by atoms with Crippen LogP contribution in [0.5, 0.6) is 0 Å². The Morgan fingerprint density at radius 2 is 0.573 bits per heavy atom. The van der Waals surface area contributed by atoms with E-state index in [0.717, 1.165) is 0 Å². The van der Waals surface area contributed by atoms with Crippen molar-refractivity contribution in [2.45, 2.75) is 140 Å². The maximum atomic E-state index is 15.2. The van der Waals surface area contributed by atoms with Gasteiger partial charge in [0.15, 0.2) is 0 Å². The van der Waals surface area contributed by atoms with Crippen molar-refractivity contribution in [3.05, 3.63) is 40.3 Å². The van der Waals surface area contributed by atoms with Crippen LogP contribution in [0, 0.1) is 0 Å². The van der Waals surface area contributed by atoms with Gasteiger partial charge < -0.3 is 0 Å². The second kappa shape index (κ2) is 19.6. The van der Waals surface area contributed by atoms with E-state index in [0.29, 0.717) is 0 Å². The van der Waals surface area contributed by atoms with Crippen molar-refractivity contribution in [1.29, 1.82) is 0 Å². The van der Waals surface area contributed by atoms with E-state index in [4.69, 9.17) is 5.53 Å². The number of benzene rings is 1. The van der Waals surface area contributed by atoms with Crippen molar-refractivity contribution < 1.29 is 176 Å². The van der Waals surface area contributed by atoms with Gasteiger partial charge in [-0.15, -0.1) is 0 Å². The van der Waals surface area contributed by atoms with Crippen molar-refractivity contribution in [2.75, 3.05) is 0 Å². The number of carbonyl (C=O) groups excluding carboxylic acids is 1. The average Bonchev–Trinajstić information content (AvgIpc) is 3.21. The van der Waals surface area contributed by atoms with Crippen LogP contribution >= 0.6 is 0 Å². The monoisotopic (exact) mass is 1310 g/mol. The third-order valence-electron chi connectivity index (χ3n) is 10.6. The van der Waals surface area contributed by atoms with Crippen LogP contribution in [0.4, 0.5) is 171 Å². The molecule has 0 spiro atoms. The third kappa shape index (κ3) is 10.5. The van der Waals surface area contributed by atoms with Crippen molar-refractivity contribution in [3.63, 3.8) is 0 Å². The van der Waals surface area contributed by atoms with E-state index >= 15 is 26.3 Å². The number of azide groups is 1. The molecule has 0 aliphatic rings. The SMILES string of the molecule is [N-]=[N+]=NC(=O)c1cccc[c]1[Sn]([CH2]CC(F)(F)C(F)(F)C(F)(F)C(F)(F)C(F)(F)C(F)(F)F)([CH2]CC(F)(F)C(F)(F)C(F)(F)C(F)(F)C(F)(F)C(F)(F)F)[CH2]CC(F)(F)C(F)(F)C(F)(F)C(F)(F)C(F)(F)C(F)(F)F. The number of hydrogen-bond acceptors (Lipinski definition) is 1. The summed E-state index contributed by atoms with van der Waals surface area (Å²) in [7, 11) is 0. The summed E-state index contributed by atoms with van der Waals surface area (Å²) in [6.45, 7) is 0. The second-order valence-corrected chi connectivity index (χ2v) is 28.4. The number of amides is 1. The molecule has 1 aromatic carbocycles. The molecule has 44 heteroatoms. The van der Waals surface area contributed by atoms with Gasteiger partial charge in [-0.25, -0.2) is 0 Å². The molecule has 0 fully saturated rings. The minimum atomic E-state index is -8.98. The summed E-state index contributed by atoms with van der Waals surface area (Å²) in [5.41, 5.74) is 6.45. The summed E-state index contributed by atoms with van der Waals surface area (Å²) in [5, 5.41) is 2.05. The van der Waals surface area contributed by atoms with E-state index in [-0.39, 0.29) is 18.2 Å². The zero-order valence-electron chi connectivity index (χ0n) is 34.0. The standard InChI is InChI=1S/3C8H4F13.C7H4N3O.Sn/c3*1-2-3(9,10)4(11,12)5(13,14)6(15,16)7(17,18)8(19,20)21;8-10-9-7(11)6-4-2-1-3-5-6;/h3*1-2H2;1-4H;. The van der Waals surface area contributed by atoms with Crippen molar-refractivity contribution in [2.24, 2.45) is 5.11 Å². The molecule has 0 saturated carbocycles. The van der Waals surface area contributed by atoms with Gasteiger partial charge in [0, 0.05) is 0 Å². The summed E-state index contributed by atoms with van der Waals surface area (Å²) in [5.74, 6) is -132. The van der Waals surface area contributed by atoms with Crippen LogP contribution in [-0.2, 0) is 0 Å². The molecule has 0 aliphatic carbocycles. The molecule has 0 aliphatic heterocycles. The normalized spacial score (nSPS) is 16.0. The van der Waals surface area contributed by atoms with Gasteiger partial charge in [0.1, 0.15) is 0 Å². The fraction of sp³-hybridized carbons (Fsp3) is 0.774. The predicted molar refractivity (Wildman–Crippen MR) is 166 cm³/mol. The predicted octanol–water partition coefficient (Wildman–Crippen LogP) is 16.2. The molecule has 0 heterocycles. The number of alkyl halides is 39. The molecule has 0 saturated heterocycles. The molecule has 0 N–H and O–H groups in total. The van der Waals surface area contributed by atoms with Crippen LogP contribution in [0.3, 0.4) is 0 Å². The fourth-order valence-corrected chi connectivity index (χ4v) is 20.8. The van der Waals surface area contributed by atoms with Gasteiger partial charge in [0.05, 0.1) is 0 Å². The zero-order valence-corrected chi connectivity index (χ0v) is 36.9. The Bertz CT molecular complexity index is 2060. The Morgan fingerprint density at radius 3 is 0.787 bits per heavy atom. The van der Waals surface area contributed by atoms with Crippen LogP contribution in [0.25, 0.3) is 10.4 Å². The molecule has 0 radical (unpaired) electrons. The number of hydrogen-bond donors (Lipinski definition) is 0. The molecule has 0 aromatic heterocycles. The van der Waals surface area contributed by atoms with E-state index in [9.17, 15) is 150 Å². The fourth-order valence-electron chi connectivity index (χ4n) is 6.07. The van der Waals surface area contributed by atoms with Gasteiger partial charge >= 0.3 is 389 Å². The molecule has 1 amide bonds. The van der Waals surface area contributed by atoms with Gasteiger partial charge in [-0.3, -0.25) is 0 Å². The molecular weight excluding hydrogens is 1290 g/mol. The van der Waals surface area contributed by atoms with E-state index in [2.05, 4.69) is 5.11 Å². The Hall–Kier alpha value is -3.73. The Morgan fingerprint density at radius 1 is 0.360 bits per heavy atom. The van der Waals surface area contributed by atoms with Crippen molar-refractivity contribution in [1.82, 2.24) is 0 Å². The zero-order chi connectivity index (χ0) is 60.7. The van der Waals surface area contributed by atoms with Crippen LogP contribution in [0.1, 0.15) is 29.6 Å². The van der Waals surface area contributed by atoms with Crippen LogP contribution in [0.2, 0.25) is 13.3 Å². The number of halogens is 39. The first kappa shape index (κ1) is 69.3. The van der Waals surface area contributed by atoms with Gasteiger partial charge in [-0.1, -0.05) is 0 Å². The van der Waals surface area contributed by atoms with Gasteiger partial charge in [-0.2, -0.15) is 0 Å². The summed E-state index contributed by atoms with van der Waals surface area (Å²) >= 11 is -8.72. The number of carbonyl (C=O) groups is 1. The molecule has 0 atom stereocenters. The molecular formula is C31H16F39N3OSn. The Labute approximate surface area is 389 Å². The first-order valence-electron chi connectivity index (χ1n) is 17.9. The quantitative estimate of drug-likeness (QED) is 0.0354. The third-order valence-corrected chi connectivity index (χ3v) is 25.5. The van der Waals surface area contributed by atoms with Gasteiger partial charge in [-0.05, 0) is 0 Å². The van der Waals surface area contributed by atoms with Gasteiger partial charge in [0.25, 0.3) is 0 Å². The number of rotatable bonds is 23. The molecule has 0 unspecified atom stereocenters. The summed E-state index contributed by atoms with van der Waals surface area (Å²) in [4.78, 5) is 14.2. The van der Waals surface area contributed by atoms with Crippen molar-refractivity contribution in [3.8, 4) is 0 Å². The maximum absolute atomic E-state index is 15.2. The summed E-state index contributed by atoms with van der Waals surface area (Å²) in [6, 6.07) is -0.564. The first-order chi connectivity index (χ1) is 32.3. The number of nitrogens with zero attached hydrogens (tertiary/aromatic N) is 3. The molecule has 4 nitrogen and oxygen atoms in total. The Balaban J connectivity index is 4.70. The van der Waals surface area contributed by atoms with Crippen LogP contribution < -0.4 is 3.58 Å². The van der Waals surface area contributed by atoms with Gasteiger partial charge in [0.2, 0.25) is 0 Å². The molecule has 0 bridgehead atoms. The average molecular weight is 1310 g/mol. The Kier molecular flexibility index (Phi) is 18.1. The van der Waals surface area contributed by atoms with Crippen LogP contribution in [-0.4, -0.2) is 132 Å².